The van der Waals surface area contributed by atoms with Crippen molar-refractivity contribution in [3.63, 3.8) is 0 Å². The summed E-state index contributed by atoms with van der Waals surface area (Å²) in [7, 11) is 1.31. The van der Waals surface area contributed by atoms with Gasteiger partial charge in [0.05, 0.1) is 18.3 Å². The van der Waals surface area contributed by atoms with Gasteiger partial charge in [0.25, 0.3) is 0 Å². The van der Waals surface area contributed by atoms with Crippen molar-refractivity contribution in [2.75, 3.05) is 19.5 Å². The number of anilines is 1. The van der Waals surface area contributed by atoms with Crippen molar-refractivity contribution in [3.8, 4) is 17.0 Å². The molecular weight excluding hydrogens is 328 g/mol. The topological polar surface area (TPSA) is 74.4 Å². The number of carbonyl (C=O) groups is 1. The van der Waals surface area contributed by atoms with Gasteiger partial charge in [0, 0.05) is 27.7 Å². The van der Waals surface area contributed by atoms with Crippen LogP contribution in [0.5, 0.6) is 5.75 Å². The molecule has 0 fully saturated rings. The van der Waals surface area contributed by atoms with E-state index in [1.54, 1.807) is 24.3 Å². The van der Waals surface area contributed by atoms with Gasteiger partial charge in [-0.05, 0) is 30.3 Å². The van der Waals surface area contributed by atoms with Crippen LogP contribution in [-0.4, -0.2) is 24.7 Å². The third kappa shape index (κ3) is 3.41. The molecule has 2 aromatic carbocycles. The molecule has 0 unspecified atom stereocenters. The second-order valence-corrected chi connectivity index (χ2v) is 5.59. The maximum absolute atomic E-state index is 11.4. The molecule has 1 aromatic heterocycles. The van der Waals surface area contributed by atoms with Crippen molar-refractivity contribution in [3.05, 3.63) is 53.6 Å². The first-order valence-electron chi connectivity index (χ1n) is 7.22. The molecule has 1 heterocycles. The number of fused-ring (bicyclic) bond motifs is 1. The van der Waals surface area contributed by atoms with Gasteiger partial charge in [0.2, 0.25) is 0 Å². The number of carbonyl (C=O) groups excluding carboxylic acids is 1. The van der Waals surface area contributed by atoms with E-state index in [4.69, 9.17) is 22.1 Å². The summed E-state index contributed by atoms with van der Waals surface area (Å²) in [5, 5.41) is 1.34. The Bertz CT molecular complexity index is 912. The fraction of sp³-hybridized carbons (Fsp3) is 0.111. The summed E-state index contributed by atoms with van der Waals surface area (Å²) in [6, 6.07) is 14.5. The zero-order chi connectivity index (χ0) is 17.1. The second kappa shape index (κ2) is 6.76. The zero-order valence-corrected chi connectivity index (χ0v) is 13.7. The highest BCUT2D eigenvalue weighted by Crippen LogP contribution is 2.32. The molecule has 0 atom stereocenters. The minimum Gasteiger partial charge on any atom is -0.481 e. The zero-order valence-electron chi connectivity index (χ0n) is 13.0. The lowest BCUT2D eigenvalue weighted by molar-refractivity contribution is -0.142. The standard InChI is InChI=1S/C18H15ClN2O3/c1-23-18(22)10-24-17-9-16(11-3-2-4-12(19)7-11)21-15-6-5-13(20)8-14(15)17/h2-9H,10,20H2,1H3. The first kappa shape index (κ1) is 16.1. The van der Waals surface area contributed by atoms with Gasteiger partial charge in [-0.25, -0.2) is 9.78 Å². The fourth-order valence-electron chi connectivity index (χ4n) is 2.32. The highest BCUT2D eigenvalue weighted by atomic mass is 35.5. The normalized spacial score (nSPS) is 10.6. The van der Waals surface area contributed by atoms with E-state index in [2.05, 4.69) is 9.72 Å². The fourth-order valence-corrected chi connectivity index (χ4v) is 2.51. The molecular formula is C18H15ClN2O3. The molecule has 0 aliphatic rings. The lowest BCUT2D eigenvalue weighted by atomic mass is 10.1. The van der Waals surface area contributed by atoms with Crippen molar-refractivity contribution in [2.24, 2.45) is 0 Å². The molecule has 3 rings (SSSR count). The molecule has 0 aliphatic carbocycles. The number of ether oxygens (including phenoxy) is 2. The number of nitrogens with two attached hydrogens (primary N) is 1. The van der Waals surface area contributed by atoms with Gasteiger partial charge in [-0.1, -0.05) is 23.7 Å². The number of esters is 1. The number of hydrogen-bond acceptors (Lipinski definition) is 5. The molecule has 0 bridgehead atoms. The molecule has 0 amide bonds. The number of nitrogen functional groups attached to an aromatic ring is 1. The predicted octanol–water partition coefficient (Wildman–Crippen LogP) is 3.69. The van der Waals surface area contributed by atoms with Crippen LogP contribution in [0.4, 0.5) is 5.69 Å². The number of halogens is 1. The largest absolute Gasteiger partial charge is 0.481 e. The minimum absolute atomic E-state index is 0.195. The van der Waals surface area contributed by atoms with Crippen molar-refractivity contribution in [1.29, 1.82) is 0 Å². The van der Waals surface area contributed by atoms with Gasteiger partial charge in [-0.3, -0.25) is 0 Å². The van der Waals surface area contributed by atoms with E-state index in [0.717, 1.165) is 10.9 Å². The van der Waals surface area contributed by atoms with E-state index < -0.39 is 5.97 Å². The monoisotopic (exact) mass is 342 g/mol. The third-order valence-corrected chi connectivity index (χ3v) is 3.72. The molecule has 0 radical (unpaired) electrons. The molecule has 2 N–H and O–H groups in total. The van der Waals surface area contributed by atoms with Crippen LogP contribution < -0.4 is 10.5 Å². The van der Waals surface area contributed by atoms with Crippen molar-refractivity contribution >= 4 is 34.2 Å². The van der Waals surface area contributed by atoms with Crippen LogP contribution in [0.15, 0.2) is 48.5 Å². The molecule has 0 aliphatic heterocycles. The lowest BCUT2D eigenvalue weighted by Gasteiger charge is -2.11. The van der Waals surface area contributed by atoms with Crippen molar-refractivity contribution < 1.29 is 14.3 Å². The summed E-state index contributed by atoms with van der Waals surface area (Å²) in [5.41, 5.74) is 8.69. The van der Waals surface area contributed by atoms with Crippen LogP contribution in [-0.2, 0) is 9.53 Å². The summed E-state index contributed by atoms with van der Waals surface area (Å²) in [5.74, 6) is 0.0425. The van der Waals surface area contributed by atoms with Gasteiger partial charge in [-0.15, -0.1) is 0 Å². The number of aromatic nitrogens is 1. The van der Waals surface area contributed by atoms with Gasteiger partial charge in [-0.2, -0.15) is 0 Å². The molecule has 122 valence electrons. The molecule has 5 nitrogen and oxygen atoms in total. The Kier molecular flexibility index (Phi) is 4.53. The van der Waals surface area contributed by atoms with Crippen LogP contribution >= 0.6 is 11.6 Å². The number of benzene rings is 2. The molecule has 24 heavy (non-hydrogen) atoms. The Hall–Kier alpha value is -2.79. The molecule has 0 saturated carbocycles. The Labute approximate surface area is 144 Å². The third-order valence-electron chi connectivity index (χ3n) is 3.49. The van der Waals surface area contributed by atoms with Gasteiger partial charge < -0.3 is 15.2 Å². The van der Waals surface area contributed by atoms with Crippen LogP contribution in [0.25, 0.3) is 22.2 Å². The van der Waals surface area contributed by atoms with Crippen molar-refractivity contribution in [1.82, 2.24) is 4.98 Å². The van der Waals surface area contributed by atoms with E-state index in [9.17, 15) is 4.79 Å². The van der Waals surface area contributed by atoms with Gasteiger partial charge in [0.15, 0.2) is 6.61 Å². The first-order chi connectivity index (χ1) is 11.6. The van der Waals surface area contributed by atoms with Crippen LogP contribution in [0, 0.1) is 0 Å². The van der Waals surface area contributed by atoms with E-state index in [-0.39, 0.29) is 6.61 Å². The number of pyridine rings is 1. The average Bonchev–Trinajstić information content (AvgIpc) is 2.59. The van der Waals surface area contributed by atoms with E-state index >= 15 is 0 Å². The summed E-state index contributed by atoms with van der Waals surface area (Å²) in [6.07, 6.45) is 0. The van der Waals surface area contributed by atoms with Gasteiger partial charge >= 0.3 is 5.97 Å². The Morgan fingerprint density at radius 3 is 2.79 bits per heavy atom. The number of hydrogen-bond donors (Lipinski definition) is 1. The number of nitrogens with zero attached hydrogens (tertiary/aromatic N) is 1. The van der Waals surface area contributed by atoms with Crippen LogP contribution in [0.3, 0.4) is 0 Å². The van der Waals surface area contributed by atoms with Gasteiger partial charge in [0.1, 0.15) is 5.75 Å². The smallest absolute Gasteiger partial charge is 0.343 e. The van der Waals surface area contributed by atoms with Crippen LogP contribution in [0.1, 0.15) is 0 Å². The maximum atomic E-state index is 11.4. The lowest BCUT2D eigenvalue weighted by Crippen LogP contribution is -2.12. The molecule has 3 aromatic rings. The summed E-state index contributed by atoms with van der Waals surface area (Å²) in [6.45, 7) is -0.195. The molecule has 0 spiro atoms. The second-order valence-electron chi connectivity index (χ2n) is 5.16. The summed E-state index contributed by atoms with van der Waals surface area (Å²) in [4.78, 5) is 16.0. The first-order valence-corrected chi connectivity index (χ1v) is 7.60. The maximum Gasteiger partial charge on any atom is 0.343 e. The Morgan fingerprint density at radius 1 is 1.21 bits per heavy atom. The molecule has 6 heteroatoms. The highest BCUT2D eigenvalue weighted by molar-refractivity contribution is 6.30. The predicted molar refractivity (Wildman–Crippen MR) is 94.1 cm³/mol. The van der Waals surface area contributed by atoms with Crippen molar-refractivity contribution in [2.45, 2.75) is 0 Å². The van der Waals surface area contributed by atoms with E-state index in [1.165, 1.54) is 7.11 Å². The molecule has 0 saturated heterocycles. The van der Waals surface area contributed by atoms with Crippen LogP contribution in [0.2, 0.25) is 5.02 Å². The highest BCUT2D eigenvalue weighted by Gasteiger charge is 2.11. The quantitative estimate of drug-likeness (QED) is 0.578. The average molecular weight is 343 g/mol. The van der Waals surface area contributed by atoms with E-state index in [1.807, 2.05) is 24.3 Å². The number of rotatable bonds is 4. The Balaban J connectivity index is 2.11. The summed E-state index contributed by atoms with van der Waals surface area (Å²) >= 11 is 6.06. The summed E-state index contributed by atoms with van der Waals surface area (Å²) < 4.78 is 10.2. The Morgan fingerprint density at radius 2 is 2.04 bits per heavy atom. The number of methoxy groups -OCH3 is 1. The minimum atomic E-state index is -0.465. The van der Waals surface area contributed by atoms with E-state index in [0.29, 0.717) is 27.7 Å². The SMILES string of the molecule is COC(=O)COc1cc(-c2cccc(Cl)c2)nc2ccc(N)cc12.